The summed E-state index contributed by atoms with van der Waals surface area (Å²) in [6, 6.07) is 11.0. The fourth-order valence-electron chi connectivity index (χ4n) is 2.78. The SMILES string of the molecule is CCOC(=O)n1[nH]c(=O)c2cnc(CC(=O)N[C@H](C)c3ccccc3)cc21. The molecule has 2 N–H and O–H groups in total. The minimum absolute atomic E-state index is 0.0231. The number of pyridine rings is 1. The smallest absolute Gasteiger partial charge is 0.433 e. The van der Waals surface area contributed by atoms with E-state index in [9.17, 15) is 14.4 Å². The zero-order valence-corrected chi connectivity index (χ0v) is 15.1. The number of carbonyl (C=O) groups excluding carboxylic acids is 2. The predicted octanol–water partition coefficient (Wildman–Crippen LogP) is 2.15. The van der Waals surface area contributed by atoms with Gasteiger partial charge in [-0.3, -0.25) is 19.7 Å². The number of ether oxygens (including phenoxy) is 1. The maximum Gasteiger partial charge on any atom is 0.433 e. The minimum Gasteiger partial charge on any atom is -0.448 e. The van der Waals surface area contributed by atoms with Gasteiger partial charge in [0.15, 0.2) is 0 Å². The molecular formula is C19H20N4O4. The van der Waals surface area contributed by atoms with Crippen LogP contribution in [0.3, 0.4) is 0 Å². The number of hydrogen-bond acceptors (Lipinski definition) is 5. The Morgan fingerprint density at radius 3 is 2.74 bits per heavy atom. The van der Waals surface area contributed by atoms with E-state index in [4.69, 9.17) is 4.74 Å². The maximum absolute atomic E-state index is 12.3. The van der Waals surface area contributed by atoms with Gasteiger partial charge in [-0.25, -0.2) is 4.79 Å². The second-order valence-corrected chi connectivity index (χ2v) is 6.04. The largest absolute Gasteiger partial charge is 0.448 e. The highest BCUT2D eigenvalue weighted by Gasteiger charge is 2.16. The second kappa shape index (κ2) is 7.86. The highest BCUT2D eigenvalue weighted by atomic mass is 16.6. The fraction of sp³-hybridized carbons (Fsp3) is 0.263. The monoisotopic (exact) mass is 368 g/mol. The van der Waals surface area contributed by atoms with Gasteiger partial charge in [0, 0.05) is 6.20 Å². The third kappa shape index (κ3) is 4.05. The average molecular weight is 368 g/mol. The molecule has 3 aromatic rings. The molecule has 0 fully saturated rings. The van der Waals surface area contributed by atoms with Crippen molar-refractivity contribution in [3.63, 3.8) is 0 Å². The third-order valence-electron chi connectivity index (χ3n) is 4.11. The highest BCUT2D eigenvalue weighted by molar-refractivity contribution is 5.88. The first-order valence-corrected chi connectivity index (χ1v) is 8.60. The van der Waals surface area contributed by atoms with E-state index >= 15 is 0 Å². The molecule has 0 spiro atoms. The maximum atomic E-state index is 12.3. The number of rotatable bonds is 5. The lowest BCUT2D eigenvalue weighted by atomic mass is 10.1. The number of fused-ring (bicyclic) bond motifs is 1. The summed E-state index contributed by atoms with van der Waals surface area (Å²) in [5.41, 5.74) is 1.32. The molecule has 0 aliphatic carbocycles. The van der Waals surface area contributed by atoms with Crippen LogP contribution in [-0.2, 0) is 16.0 Å². The number of nitrogens with zero attached hydrogens (tertiary/aromatic N) is 2. The van der Waals surface area contributed by atoms with Gasteiger partial charge in [-0.05, 0) is 25.5 Å². The van der Waals surface area contributed by atoms with Crippen molar-refractivity contribution in [3.8, 4) is 0 Å². The number of H-pyrrole nitrogens is 1. The van der Waals surface area contributed by atoms with E-state index in [2.05, 4.69) is 15.4 Å². The molecule has 8 nitrogen and oxygen atoms in total. The van der Waals surface area contributed by atoms with Crippen molar-refractivity contribution in [2.24, 2.45) is 0 Å². The van der Waals surface area contributed by atoms with Crippen LogP contribution in [0.5, 0.6) is 0 Å². The number of aromatic nitrogens is 3. The van der Waals surface area contributed by atoms with Crippen molar-refractivity contribution in [1.29, 1.82) is 0 Å². The first kappa shape index (κ1) is 18.4. The normalized spacial score (nSPS) is 11.9. The molecule has 1 atom stereocenters. The number of benzene rings is 1. The van der Waals surface area contributed by atoms with Gasteiger partial charge in [-0.2, -0.15) is 4.68 Å². The van der Waals surface area contributed by atoms with Gasteiger partial charge in [-0.1, -0.05) is 30.3 Å². The molecular weight excluding hydrogens is 348 g/mol. The fourth-order valence-corrected chi connectivity index (χ4v) is 2.78. The summed E-state index contributed by atoms with van der Waals surface area (Å²) in [4.78, 5) is 40.4. The van der Waals surface area contributed by atoms with Crippen LogP contribution < -0.4 is 10.9 Å². The number of carbonyl (C=O) groups is 2. The van der Waals surface area contributed by atoms with Crippen LogP contribution >= 0.6 is 0 Å². The summed E-state index contributed by atoms with van der Waals surface area (Å²) < 4.78 is 5.95. The van der Waals surface area contributed by atoms with Crippen LogP contribution in [0.1, 0.15) is 31.1 Å². The van der Waals surface area contributed by atoms with E-state index in [0.717, 1.165) is 10.2 Å². The molecule has 1 amide bonds. The molecule has 0 saturated heterocycles. The molecule has 27 heavy (non-hydrogen) atoms. The Bertz CT molecular complexity index is 1020. The topological polar surface area (TPSA) is 106 Å². The number of hydrogen-bond donors (Lipinski definition) is 2. The summed E-state index contributed by atoms with van der Waals surface area (Å²) in [6.45, 7) is 3.75. The zero-order valence-electron chi connectivity index (χ0n) is 15.1. The lowest BCUT2D eigenvalue weighted by Gasteiger charge is -2.14. The highest BCUT2D eigenvalue weighted by Crippen LogP contribution is 2.13. The van der Waals surface area contributed by atoms with Crippen molar-refractivity contribution in [1.82, 2.24) is 20.1 Å². The first-order valence-electron chi connectivity index (χ1n) is 8.60. The zero-order chi connectivity index (χ0) is 19.4. The number of nitrogens with one attached hydrogen (secondary N) is 2. The van der Waals surface area contributed by atoms with Gasteiger partial charge < -0.3 is 10.1 Å². The van der Waals surface area contributed by atoms with Gasteiger partial charge in [0.25, 0.3) is 5.56 Å². The van der Waals surface area contributed by atoms with E-state index < -0.39 is 11.7 Å². The molecule has 2 heterocycles. The molecule has 0 bridgehead atoms. The second-order valence-electron chi connectivity index (χ2n) is 6.04. The Morgan fingerprint density at radius 2 is 2.04 bits per heavy atom. The van der Waals surface area contributed by atoms with Crippen molar-refractivity contribution < 1.29 is 14.3 Å². The van der Waals surface area contributed by atoms with Crippen LogP contribution in [0.25, 0.3) is 10.9 Å². The van der Waals surface area contributed by atoms with Crippen LogP contribution in [0.15, 0.2) is 47.4 Å². The molecule has 3 rings (SSSR count). The van der Waals surface area contributed by atoms with Gasteiger partial charge in [0.1, 0.15) is 0 Å². The third-order valence-corrected chi connectivity index (χ3v) is 4.11. The Morgan fingerprint density at radius 1 is 1.30 bits per heavy atom. The summed E-state index contributed by atoms with van der Waals surface area (Å²) >= 11 is 0. The predicted molar refractivity (Wildman–Crippen MR) is 99.5 cm³/mol. The van der Waals surface area contributed by atoms with Gasteiger partial charge in [-0.15, -0.1) is 0 Å². The van der Waals surface area contributed by atoms with E-state index in [1.54, 1.807) is 6.92 Å². The van der Waals surface area contributed by atoms with E-state index in [-0.39, 0.29) is 30.4 Å². The number of aromatic amines is 1. The summed E-state index contributed by atoms with van der Waals surface area (Å²) in [7, 11) is 0. The van der Waals surface area contributed by atoms with Gasteiger partial charge in [0.05, 0.1) is 35.7 Å². The van der Waals surface area contributed by atoms with Crippen molar-refractivity contribution in [3.05, 3.63) is 64.2 Å². The van der Waals surface area contributed by atoms with E-state index in [1.807, 2.05) is 37.3 Å². The quantitative estimate of drug-likeness (QED) is 0.718. The average Bonchev–Trinajstić information content (AvgIpc) is 2.99. The number of amides is 1. The molecule has 0 unspecified atom stereocenters. The summed E-state index contributed by atoms with van der Waals surface area (Å²) in [6.07, 6.45) is 0.687. The molecule has 0 radical (unpaired) electrons. The lowest BCUT2D eigenvalue weighted by molar-refractivity contribution is -0.121. The Labute approximate surface area is 155 Å². The van der Waals surface area contributed by atoms with Crippen LogP contribution in [-0.4, -0.2) is 33.4 Å². The molecule has 2 aromatic heterocycles. The van der Waals surface area contributed by atoms with Crippen LogP contribution in [0.4, 0.5) is 4.79 Å². The molecule has 0 aliphatic rings. The summed E-state index contributed by atoms with van der Waals surface area (Å²) in [5.74, 6) is -0.209. The van der Waals surface area contributed by atoms with E-state index in [0.29, 0.717) is 11.2 Å². The lowest BCUT2D eigenvalue weighted by Crippen LogP contribution is -2.28. The molecule has 0 aliphatic heterocycles. The van der Waals surface area contributed by atoms with Crippen LogP contribution in [0.2, 0.25) is 0 Å². The van der Waals surface area contributed by atoms with Gasteiger partial charge in [0.2, 0.25) is 5.91 Å². The van der Waals surface area contributed by atoms with E-state index in [1.165, 1.54) is 12.3 Å². The minimum atomic E-state index is -0.691. The molecule has 140 valence electrons. The first-order chi connectivity index (χ1) is 13.0. The van der Waals surface area contributed by atoms with Crippen LogP contribution in [0, 0.1) is 0 Å². The molecule has 1 aromatic carbocycles. The Balaban J connectivity index is 1.78. The van der Waals surface area contributed by atoms with Gasteiger partial charge >= 0.3 is 6.09 Å². The Kier molecular flexibility index (Phi) is 5.35. The molecule has 0 saturated carbocycles. The van der Waals surface area contributed by atoms with Crippen molar-refractivity contribution in [2.75, 3.05) is 6.61 Å². The van der Waals surface area contributed by atoms with Crippen molar-refractivity contribution in [2.45, 2.75) is 26.3 Å². The van der Waals surface area contributed by atoms with Crippen molar-refractivity contribution >= 4 is 22.9 Å². The summed E-state index contributed by atoms with van der Waals surface area (Å²) in [5, 5.41) is 5.58. The molecule has 8 heteroatoms. The standard InChI is InChI=1S/C19H20N4O4/c1-3-27-19(26)23-16-9-14(20-11-15(16)18(25)22-23)10-17(24)21-12(2)13-7-5-4-6-8-13/h4-9,11-12H,3,10H2,1-2H3,(H,21,24)(H,22,25)/t12-/m1/s1. The Hall–Kier alpha value is -3.42.